The second kappa shape index (κ2) is 4.64. The maximum atomic E-state index is 11.9. The van der Waals surface area contributed by atoms with Crippen molar-refractivity contribution in [3.8, 4) is 0 Å². The van der Waals surface area contributed by atoms with Crippen LogP contribution in [0.2, 0.25) is 0 Å². The van der Waals surface area contributed by atoms with Gasteiger partial charge in [0.2, 0.25) is 0 Å². The molecular weight excluding hydrogens is 190 g/mol. The van der Waals surface area contributed by atoms with Crippen LogP contribution in [0.4, 0.5) is 8.78 Å². The van der Waals surface area contributed by atoms with E-state index in [9.17, 15) is 13.6 Å². The minimum Gasteiger partial charge on any atom is -0.345 e. The van der Waals surface area contributed by atoms with Crippen LogP contribution in [0.1, 0.15) is 18.5 Å². The lowest BCUT2D eigenvalue weighted by atomic mass is 10.1. The molecule has 0 spiro atoms. The molecule has 1 aromatic rings. The Labute approximate surface area is 80.2 Å². The van der Waals surface area contributed by atoms with Crippen LogP contribution in [0.25, 0.3) is 0 Å². The Kier molecular flexibility index (Phi) is 3.50. The lowest BCUT2D eigenvalue weighted by Gasteiger charge is -2.13. The number of hydrogen-bond donors (Lipinski definition) is 1. The number of carbonyl (C=O) groups excluding carboxylic acids is 1. The molecule has 1 atom stereocenters. The van der Waals surface area contributed by atoms with Gasteiger partial charge >= 0.3 is 6.43 Å². The fourth-order valence-corrected chi connectivity index (χ4v) is 1.01. The number of amides is 1. The molecule has 0 aliphatic heterocycles. The highest BCUT2D eigenvalue weighted by Crippen LogP contribution is 2.10. The smallest absolute Gasteiger partial charge is 0.315 e. The van der Waals surface area contributed by atoms with Gasteiger partial charge in [0, 0.05) is 12.4 Å². The molecule has 0 fully saturated rings. The molecule has 0 unspecified atom stereocenters. The van der Waals surface area contributed by atoms with Crippen molar-refractivity contribution in [2.75, 3.05) is 0 Å². The van der Waals surface area contributed by atoms with E-state index in [1.54, 1.807) is 31.5 Å². The molecule has 0 aromatic carbocycles. The highest BCUT2D eigenvalue weighted by atomic mass is 19.3. The Bertz CT molecular complexity index is 303. The molecule has 1 rings (SSSR count). The van der Waals surface area contributed by atoms with Crippen LogP contribution >= 0.6 is 0 Å². The van der Waals surface area contributed by atoms with Gasteiger partial charge in [-0.2, -0.15) is 8.78 Å². The molecule has 1 N–H and O–H groups in total. The zero-order chi connectivity index (χ0) is 10.6. The molecule has 0 saturated heterocycles. The van der Waals surface area contributed by atoms with E-state index in [0.29, 0.717) is 0 Å². The molecule has 14 heavy (non-hydrogen) atoms. The molecule has 1 heterocycles. The number of carbonyl (C=O) groups is 1. The minimum absolute atomic E-state index is 0.431. The Hall–Kier alpha value is -1.52. The summed E-state index contributed by atoms with van der Waals surface area (Å²) in [6.07, 6.45) is 0.111. The van der Waals surface area contributed by atoms with Gasteiger partial charge in [-0.05, 0) is 24.6 Å². The third-order valence-corrected chi connectivity index (χ3v) is 1.76. The van der Waals surface area contributed by atoms with Crippen molar-refractivity contribution in [1.29, 1.82) is 0 Å². The van der Waals surface area contributed by atoms with Crippen molar-refractivity contribution in [2.24, 2.45) is 0 Å². The van der Waals surface area contributed by atoms with Gasteiger partial charge in [0.25, 0.3) is 5.91 Å². The van der Waals surface area contributed by atoms with E-state index >= 15 is 0 Å². The number of nitrogens with one attached hydrogen (secondary N) is 1. The molecule has 5 heteroatoms. The lowest BCUT2D eigenvalue weighted by molar-refractivity contribution is -0.132. The number of pyridine rings is 1. The van der Waals surface area contributed by atoms with E-state index in [0.717, 1.165) is 5.56 Å². The Morgan fingerprint density at radius 1 is 1.43 bits per heavy atom. The van der Waals surface area contributed by atoms with Crippen molar-refractivity contribution in [1.82, 2.24) is 10.3 Å². The van der Waals surface area contributed by atoms with E-state index in [1.807, 2.05) is 0 Å². The number of rotatable bonds is 3. The van der Waals surface area contributed by atoms with E-state index in [2.05, 4.69) is 10.3 Å². The molecule has 0 saturated carbocycles. The minimum atomic E-state index is -2.97. The van der Waals surface area contributed by atoms with Crippen LogP contribution in [0.15, 0.2) is 24.5 Å². The summed E-state index contributed by atoms with van der Waals surface area (Å²) in [6, 6.07) is 2.90. The molecule has 0 bridgehead atoms. The van der Waals surface area contributed by atoms with Crippen LogP contribution < -0.4 is 5.32 Å². The lowest BCUT2D eigenvalue weighted by Crippen LogP contribution is -2.31. The van der Waals surface area contributed by atoms with Crippen molar-refractivity contribution in [3.63, 3.8) is 0 Å². The quantitative estimate of drug-likeness (QED) is 0.803. The average molecular weight is 200 g/mol. The standard InChI is InChI=1S/C9H10F2N2O/c1-6(13-9(14)8(10)11)7-2-4-12-5-3-7/h2-6,8H,1H3,(H,13,14)/t6-/m1/s1. The van der Waals surface area contributed by atoms with Crippen molar-refractivity contribution in [3.05, 3.63) is 30.1 Å². The van der Waals surface area contributed by atoms with Crippen molar-refractivity contribution >= 4 is 5.91 Å². The molecule has 76 valence electrons. The van der Waals surface area contributed by atoms with Crippen molar-refractivity contribution < 1.29 is 13.6 Å². The van der Waals surface area contributed by atoms with Gasteiger partial charge in [0.15, 0.2) is 0 Å². The Balaban J connectivity index is 2.59. The first-order valence-electron chi connectivity index (χ1n) is 4.09. The fourth-order valence-electron chi connectivity index (χ4n) is 1.01. The van der Waals surface area contributed by atoms with Gasteiger partial charge in [-0.15, -0.1) is 0 Å². The first-order valence-corrected chi connectivity index (χ1v) is 4.09. The summed E-state index contributed by atoms with van der Waals surface area (Å²) >= 11 is 0. The van der Waals surface area contributed by atoms with Crippen LogP contribution in [0.5, 0.6) is 0 Å². The predicted molar refractivity (Wildman–Crippen MR) is 46.8 cm³/mol. The van der Waals surface area contributed by atoms with E-state index < -0.39 is 18.4 Å². The Morgan fingerprint density at radius 3 is 2.50 bits per heavy atom. The predicted octanol–water partition coefficient (Wildman–Crippen LogP) is 1.52. The molecule has 3 nitrogen and oxygen atoms in total. The summed E-state index contributed by atoms with van der Waals surface area (Å²) in [4.78, 5) is 14.4. The van der Waals surface area contributed by atoms with Crippen molar-refractivity contribution in [2.45, 2.75) is 19.4 Å². The summed E-state index contributed by atoms with van der Waals surface area (Å²) in [5.74, 6) is -1.26. The number of nitrogens with zero attached hydrogens (tertiary/aromatic N) is 1. The Morgan fingerprint density at radius 2 is 2.00 bits per heavy atom. The molecule has 1 aromatic heterocycles. The van der Waals surface area contributed by atoms with Gasteiger partial charge in [-0.25, -0.2) is 0 Å². The normalized spacial score (nSPS) is 12.6. The summed E-state index contributed by atoms with van der Waals surface area (Å²) in [6.45, 7) is 1.63. The van der Waals surface area contributed by atoms with Gasteiger partial charge < -0.3 is 5.32 Å². The number of halogens is 2. The highest BCUT2D eigenvalue weighted by molar-refractivity contribution is 5.79. The second-order valence-corrected chi connectivity index (χ2v) is 2.81. The molecular formula is C9H10F2N2O. The van der Waals surface area contributed by atoms with Crippen LogP contribution in [-0.4, -0.2) is 17.3 Å². The third-order valence-electron chi connectivity index (χ3n) is 1.76. The SMILES string of the molecule is C[C@@H](NC(=O)C(F)F)c1ccncc1. The topological polar surface area (TPSA) is 42.0 Å². The largest absolute Gasteiger partial charge is 0.345 e. The molecule has 0 aliphatic carbocycles. The van der Waals surface area contributed by atoms with E-state index in [1.165, 1.54) is 0 Å². The van der Waals surface area contributed by atoms with Gasteiger partial charge in [-0.3, -0.25) is 9.78 Å². The summed E-state index contributed by atoms with van der Waals surface area (Å²) in [5.41, 5.74) is 0.744. The van der Waals surface area contributed by atoms with Crippen LogP contribution in [0.3, 0.4) is 0 Å². The van der Waals surface area contributed by atoms with Gasteiger partial charge in [0.1, 0.15) is 0 Å². The second-order valence-electron chi connectivity index (χ2n) is 2.81. The molecule has 0 radical (unpaired) electrons. The third kappa shape index (κ3) is 2.76. The maximum absolute atomic E-state index is 11.9. The maximum Gasteiger partial charge on any atom is 0.315 e. The first kappa shape index (κ1) is 10.6. The van der Waals surface area contributed by atoms with Crippen LogP contribution in [0, 0.1) is 0 Å². The zero-order valence-corrected chi connectivity index (χ0v) is 7.58. The fraction of sp³-hybridized carbons (Fsp3) is 0.333. The highest BCUT2D eigenvalue weighted by Gasteiger charge is 2.17. The van der Waals surface area contributed by atoms with E-state index in [4.69, 9.17) is 0 Å². The van der Waals surface area contributed by atoms with Gasteiger partial charge in [0.05, 0.1) is 6.04 Å². The summed E-state index contributed by atoms with van der Waals surface area (Å²) in [5, 5.41) is 2.18. The monoisotopic (exact) mass is 200 g/mol. The molecule has 0 aliphatic rings. The summed E-state index contributed by atoms with van der Waals surface area (Å²) in [7, 11) is 0. The van der Waals surface area contributed by atoms with Crippen LogP contribution in [-0.2, 0) is 4.79 Å². The number of aromatic nitrogens is 1. The van der Waals surface area contributed by atoms with Gasteiger partial charge in [-0.1, -0.05) is 0 Å². The van der Waals surface area contributed by atoms with E-state index in [-0.39, 0.29) is 0 Å². The average Bonchev–Trinajstić information content (AvgIpc) is 2.19. The number of hydrogen-bond acceptors (Lipinski definition) is 2. The zero-order valence-electron chi connectivity index (χ0n) is 7.58. The number of alkyl halides is 2. The first-order chi connectivity index (χ1) is 6.61. The summed E-state index contributed by atoms with van der Waals surface area (Å²) < 4.78 is 23.8. The molecule has 1 amide bonds.